The molecule has 0 saturated carbocycles. The highest BCUT2D eigenvalue weighted by molar-refractivity contribution is 5.81. The van der Waals surface area contributed by atoms with E-state index in [0.29, 0.717) is 0 Å². The van der Waals surface area contributed by atoms with Gasteiger partial charge >= 0.3 is 0 Å². The molecule has 5 aromatic rings. The molecule has 1 aliphatic rings. The molecule has 0 radical (unpaired) electrons. The van der Waals surface area contributed by atoms with E-state index in [2.05, 4.69) is 140 Å². The Balaban J connectivity index is 1.83. The van der Waals surface area contributed by atoms with Crippen LogP contribution in [0.2, 0.25) is 0 Å². The maximum atomic E-state index is 2.33. The Labute approximate surface area is 189 Å². The van der Waals surface area contributed by atoms with E-state index in [0.717, 1.165) is 0 Å². The van der Waals surface area contributed by atoms with Gasteiger partial charge in [0.2, 0.25) is 0 Å². The van der Waals surface area contributed by atoms with E-state index < -0.39 is 0 Å². The first kappa shape index (κ1) is 18.8. The number of fused-ring (bicyclic) bond motifs is 3. The predicted molar refractivity (Wildman–Crippen MR) is 133 cm³/mol. The maximum absolute atomic E-state index is 2.33. The normalized spacial score (nSPS) is 16.1. The predicted octanol–water partition coefficient (Wildman–Crippen LogP) is 7.83. The van der Waals surface area contributed by atoms with Gasteiger partial charge in [-0.3, -0.25) is 0 Å². The largest absolute Gasteiger partial charge is 0.0622 e. The fraction of sp³-hybridized carbons (Fsp3) is 0.0625. The number of benzene rings is 5. The Morgan fingerprint density at radius 3 is 1.50 bits per heavy atom. The molecule has 32 heavy (non-hydrogen) atoms. The van der Waals surface area contributed by atoms with Crippen molar-refractivity contribution >= 4 is 0 Å². The summed E-state index contributed by atoms with van der Waals surface area (Å²) in [5.74, 6) is 0.152. The highest BCUT2D eigenvalue weighted by Gasteiger charge is 2.49. The van der Waals surface area contributed by atoms with E-state index in [9.17, 15) is 0 Å². The van der Waals surface area contributed by atoms with Crippen molar-refractivity contribution in [2.45, 2.75) is 11.3 Å². The first-order valence-electron chi connectivity index (χ1n) is 11.3. The molecule has 1 unspecified atom stereocenters. The van der Waals surface area contributed by atoms with Gasteiger partial charge in [-0.15, -0.1) is 0 Å². The van der Waals surface area contributed by atoms with Crippen LogP contribution in [0, 0.1) is 0 Å². The third-order valence-corrected chi connectivity index (χ3v) is 6.94. The molecule has 0 fully saturated rings. The van der Waals surface area contributed by atoms with E-state index in [4.69, 9.17) is 0 Å². The Kier molecular flexibility index (Phi) is 4.51. The van der Waals surface area contributed by atoms with Gasteiger partial charge in [-0.05, 0) is 38.9 Å². The molecule has 0 aliphatic heterocycles. The van der Waals surface area contributed by atoms with Crippen molar-refractivity contribution < 1.29 is 0 Å². The summed E-state index contributed by atoms with van der Waals surface area (Å²) >= 11 is 0. The zero-order chi connectivity index (χ0) is 21.4. The summed E-state index contributed by atoms with van der Waals surface area (Å²) < 4.78 is 0. The summed E-state index contributed by atoms with van der Waals surface area (Å²) in [6.07, 6.45) is 0. The monoisotopic (exact) mass is 408 g/mol. The third-order valence-electron chi connectivity index (χ3n) is 6.94. The molecule has 0 heterocycles. The molecule has 152 valence electrons. The van der Waals surface area contributed by atoms with E-state index in [1.54, 1.807) is 0 Å². The van der Waals surface area contributed by atoms with Gasteiger partial charge in [0.25, 0.3) is 0 Å². The zero-order valence-electron chi connectivity index (χ0n) is 17.9. The van der Waals surface area contributed by atoms with Crippen LogP contribution in [0.1, 0.15) is 33.7 Å². The molecule has 0 aromatic heterocycles. The van der Waals surface area contributed by atoms with Crippen LogP contribution in [0.15, 0.2) is 140 Å². The van der Waals surface area contributed by atoms with Crippen LogP contribution in [-0.4, -0.2) is 0 Å². The van der Waals surface area contributed by atoms with Crippen molar-refractivity contribution in [3.05, 3.63) is 167 Å². The molecule has 1 aliphatic carbocycles. The van der Waals surface area contributed by atoms with Crippen LogP contribution in [0.5, 0.6) is 0 Å². The summed E-state index contributed by atoms with van der Waals surface area (Å²) in [5.41, 5.74) is 9.04. The van der Waals surface area contributed by atoms with Crippen molar-refractivity contribution in [3.63, 3.8) is 0 Å². The lowest BCUT2D eigenvalue weighted by atomic mass is 9.54. The first-order chi connectivity index (χ1) is 15.9. The molecule has 0 nitrogen and oxygen atoms in total. The molecule has 0 amide bonds. The molecule has 0 bridgehead atoms. The summed E-state index contributed by atoms with van der Waals surface area (Å²) in [7, 11) is 0. The Morgan fingerprint density at radius 1 is 0.406 bits per heavy atom. The van der Waals surface area contributed by atoms with Crippen molar-refractivity contribution in [3.8, 4) is 11.1 Å². The highest BCUT2D eigenvalue weighted by Crippen LogP contribution is 2.59. The average molecular weight is 409 g/mol. The van der Waals surface area contributed by atoms with Gasteiger partial charge in [-0.1, -0.05) is 140 Å². The fourth-order valence-corrected chi connectivity index (χ4v) is 5.73. The highest BCUT2D eigenvalue weighted by atomic mass is 14.5. The van der Waals surface area contributed by atoms with Gasteiger partial charge < -0.3 is 0 Å². The lowest BCUT2D eigenvalue weighted by Gasteiger charge is -2.48. The SMILES string of the molecule is c1ccc(C2c3ccccc3-c3ccccc3C2(c2ccccc2)c2ccccc2)cc1. The first-order valence-corrected chi connectivity index (χ1v) is 11.3. The van der Waals surface area contributed by atoms with E-state index in [1.807, 2.05) is 0 Å². The van der Waals surface area contributed by atoms with E-state index >= 15 is 0 Å². The van der Waals surface area contributed by atoms with Crippen LogP contribution in [0.25, 0.3) is 11.1 Å². The fourth-order valence-electron chi connectivity index (χ4n) is 5.73. The lowest BCUT2D eigenvalue weighted by Crippen LogP contribution is -2.40. The molecule has 5 aromatic carbocycles. The molecular formula is C32H24. The lowest BCUT2D eigenvalue weighted by molar-refractivity contribution is 0.531. The van der Waals surface area contributed by atoms with Crippen LogP contribution < -0.4 is 0 Å². The molecule has 0 spiro atoms. The summed E-state index contributed by atoms with van der Waals surface area (Å²) in [6, 6.07) is 51.1. The molecule has 1 atom stereocenters. The van der Waals surface area contributed by atoms with E-state index in [1.165, 1.54) is 38.9 Å². The van der Waals surface area contributed by atoms with Crippen molar-refractivity contribution in [1.29, 1.82) is 0 Å². The quantitative estimate of drug-likeness (QED) is 0.285. The van der Waals surface area contributed by atoms with Gasteiger partial charge in [0.05, 0.1) is 5.41 Å². The number of hydrogen-bond acceptors (Lipinski definition) is 0. The van der Waals surface area contributed by atoms with E-state index in [-0.39, 0.29) is 11.3 Å². The topological polar surface area (TPSA) is 0 Å². The van der Waals surface area contributed by atoms with Crippen molar-refractivity contribution in [2.24, 2.45) is 0 Å². The minimum Gasteiger partial charge on any atom is -0.0622 e. The standard InChI is InChI=1S/C32H24/c1-4-14-24(15-5-1)31-29-22-11-10-20-27(29)28-21-12-13-23-30(28)32(31,25-16-6-2-7-17-25)26-18-8-3-9-19-26/h1-23,31H. The molecule has 0 saturated heterocycles. The Morgan fingerprint density at radius 2 is 0.875 bits per heavy atom. The summed E-state index contributed by atoms with van der Waals surface area (Å²) in [6.45, 7) is 0. The van der Waals surface area contributed by atoms with Gasteiger partial charge in [0, 0.05) is 5.92 Å². The third kappa shape index (κ3) is 2.70. The van der Waals surface area contributed by atoms with Crippen LogP contribution in [0.4, 0.5) is 0 Å². The van der Waals surface area contributed by atoms with Gasteiger partial charge in [-0.2, -0.15) is 0 Å². The number of rotatable bonds is 3. The Hall–Kier alpha value is -3.90. The minimum atomic E-state index is -0.338. The van der Waals surface area contributed by atoms with Gasteiger partial charge in [0.15, 0.2) is 0 Å². The molecule has 0 N–H and O–H groups in total. The van der Waals surface area contributed by atoms with Gasteiger partial charge in [-0.25, -0.2) is 0 Å². The summed E-state index contributed by atoms with van der Waals surface area (Å²) in [5, 5.41) is 0. The van der Waals surface area contributed by atoms with Crippen molar-refractivity contribution in [2.75, 3.05) is 0 Å². The van der Waals surface area contributed by atoms with Crippen molar-refractivity contribution in [1.82, 2.24) is 0 Å². The number of hydrogen-bond donors (Lipinski definition) is 0. The smallest absolute Gasteiger partial charge is 0.0566 e. The van der Waals surface area contributed by atoms with Crippen LogP contribution >= 0.6 is 0 Å². The molecule has 0 heteroatoms. The Bertz CT molecular complexity index is 1310. The second kappa shape index (κ2) is 7.66. The molecule has 6 rings (SSSR count). The molecular weight excluding hydrogens is 384 g/mol. The maximum Gasteiger partial charge on any atom is 0.0566 e. The second-order valence-electron chi connectivity index (χ2n) is 8.52. The van der Waals surface area contributed by atoms with Gasteiger partial charge in [0.1, 0.15) is 0 Å². The average Bonchev–Trinajstić information content (AvgIpc) is 2.89. The second-order valence-corrected chi connectivity index (χ2v) is 8.52. The van der Waals surface area contributed by atoms with Crippen LogP contribution in [-0.2, 0) is 5.41 Å². The zero-order valence-corrected chi connectivity index (χ0v) is 17.9. The summed E-state index contributed by atoms with van der Waals surface area (Å²) in [4.78, 5) is 0. The minimum absolute atomic E-state index is 0.152. The van der Waals surface area contributed by atoms with Crippen LogP contribution in [0.3, 0.4) is 0 Å².